The second-order valence-corrected chi connectivity index (χ2v) is 7.88. The van der Waals surface area contributed by atoms with Crippen LogP contribution in [0.15, 0.2) is 51.8 Å². The van der Waals surface area contributed by atoms with Crippen LogP contribution in [-0.4, -0.2) is 37.1 Å². The first-order valence-corrected chi connectivity index (χ1v) is 9.44. The minimum Gasteiger partial charge on any atom is -0.478 e. The number of hydrogen-bond acceptors (Lipinski definition) is 5. The van der Waals surface area contributed by atoms with Gasteiger partial charge in [-0.25, -0.2) is 13.2 Å². The molecule has 2 aromatic rings. The fourth-order valence-electron chi connectivity index (χ4n) is 2.20. The number of amides is 1. The molecule has 2 aromatic carbocycles. The van der Waals surface area contributed by atoms with Crippen LogP contribution in [0.5, 0.6) is 0 Å². The van der Waals surface area contributed by atoms with Crippen LogP contribution in [0.4, 0.5) is 5.69 Å². The van der Waals surface area contributed by atoms with Gasteiger partial charge in [-0.2, -0.15) is 0 Å². The third kappa shape index (κ3) is 4.44. The van der Waals surface area contributed by atoms with Gasteiger partial charge < -0.3 is 15.5 Å². The van der Waals surface area contributed by atoms with Crippen molar-refractivity contribution in [1.29, 1.82) is 0 Å². The van der Waals surface area contributed by atoms with Crippen molar-refractivity contribution in [1.82, 2.24) is 0 Å². The van der Waals surface area contributed by atoms with E-state index in [0.29, 0.717) is 0 Å². The van der Waals surface area contributed by atoms with E-state index in [0.717, 1.165) is 0 Å². The Morgan fingerprint density at radius 2 is 1.72 bits per heavy atom. The molecule has 0 fully saturated rings. The molecule has 0 aliphatic heterocycles. The van der Waals surface area contributed by atoms with E-state index in [1.807, 2.05) is 0 Å². The highest BCUT2D eigenvalue weighted by Gasteiger charge is 2.24. The molecule has 25 heavy (non-hydrogen) atoms. The zero-order valence-electron chi connectivity index (χ0n) is 12.8. The number of carbonyl (C=O) groups excluding carboxylic acids is 1. The number of carboxylic acids is 1. The van der Waals surface area contributed by atoms with Crippen LogP contribution in [0.3, 0.4) is 0 Å². The van der Waals surface area contributed by atoms with Gasteiger partial charge >= 0.3 is 5.97 Å². The number of aliphatic hydroxyl groups is 1. The molecule has 0 saturated carbocycles. The van der Waals surface area contributed by atoms with Crippen LogP contribution >= 0.6 is 15.9 Å². The predicted molar refractivity (Wildman–Crippen MR) is 94.1 cm³/mol. The van der Waals surface area contributed by atoms with Gasteiger partial charge in [-0.05, 0) is 39.7 Å². The second kappa shape index (κ2) is 7.77. The van der Waals surface area contributed by atoms with Gasteiger partial charge in [0, 0.05) is 4.47 Å². The number of aliphatic hydroxyl groups excluding tert-OH is 1. The lowest BCUT2D eigenvalue weighted by Crippen LogP contribution is -2.20. The number of nitrogens with one attached hydrogen (secondary N) is 1. The molecule has 0 unspecified atom stereocenters. The van der Waals surface area contributed by atoms with Gasteiger partial charge in [0.05, 0.1) is 21.9 Å². The summed E-state index contributed by atoms with van der Waals surface area (Å²) in [5.41, 5.74) is -0.434. The summed E-state index contributed by atoms with van der Waals surface area (Å²) in [7, 11) is -3.77. The monoisotopic (exact) mass is 427 g/mol. The maximum atomic E-state index is 12.5. The average molecular weight is 428 g/mol. The molecule has 0 spiro atoms. The van der Waals surface area contributed by atoms with Gasteiger partial charge in [0.25, 0.3) is 0 Å². The molecule has 7 nitrogen and oxygen atoms in total. The van der Waals surface area contributed by atoms with E-state index in [2.05, 4.69) is 21.2 Å². The summed E-state index contributed by atoms with van der Waals surface area (Å²) in [6.07, 6.45) is 0. The number of carboxylic acid groups (broad SMARTS) is 1. The Morgan fingerprint density at radius 1 is 1.08 bits per heavy atom. The first-order chi connectivity index (χ1) is 11.8. The van der Waals surface area contributed by atoms with E-state index in [1.54, 1.807) is 18.2 Å². The van der Waals surface area contributed by atoms with E-state index in [9.17, 15) is 23.1 Å². The zero-order valence-corrected chi connectivity index (χ0v) is 15.2. The van der Waals surface area contributed by atoms with Crippen LogP contribution < -0.4 is 5.32 Å². The number of rotatable bonds is 6. The third-order valence-electron chi connectivity index (χ3n) is 3.31. The summed E-state index contributed by atoms with van der Waals surface area (Å²) in [6, 6.07) is 10.5. The normalized spacial score (nSPS) is 11.1. The molecule has 0 aromatic heterocycles. The van der Waals surface area contributed by atoms with Crippen molar-refractivity contribution in [2.24, 2.45) is 0 Å². The minimum atomic E-state index is -3.77. The van der Waals surface area contributed by atoms with Crippen LogP contribution in [-0.2, 0) is 20.4 Å². The molecule has 0 aliphatic carbocycles. The Labute approximate surface area is 152 Å². The molecule has 3 N–H and O–H groups in total. The van der Waals surface area contributed by atoms with Crippen molar-refractivity contribution in [3.05, 3.63) is 58.1 Å². The van der Waals surface area contributed by atoms with Gasteiger partial charge in [0.1, 0.15) is 6.61 Å². The van der Waals surface area contributed by atoms with E-state index in [1.165, 1.54) is 24.3 Å². The number of aromatic carboxylic acids is 1. The number of carbonyl (C=O) groups is 2. The number of halogens is 1. The van der Waals surface area contributed by atoms with E-state index in [4.69, 9.17) is 5.11 Å². The molecule has 132 valence electrons. The van der Waals surface area contributed by atoms with Gasteiger partial charge in [-0.3, -0.25) is 4.79 Å². The van der Waals surface area contributed by atoms with Crippen molar-refractivity contribution in [2.45, 2.75) is 10.6 Å². The Morgan fingerprint density at radius 3 is 2.28 bits per heavy atom. The second-order valence-electron chi connectivity index (χ2n) is 5.04. The Balaban J connectivity index is 2.53. The van der Waals surface area contributed by atoms with Crippen molar-refractivity contribution in [3.8, 4) is 0 Å². The van der Waals surface area contributed by atoms with Crippen molar-refractivity contribution in [2.75, 3.05) is 11.9 Å². The summed E-state index contributed by atoms with van der Waals surface area (Å²) in [6.45, 7) is -0.835. The molecule has 9 heteroatoms. The largest absolute Gasteiger partial charge is 0.478 e. The molecular weight excluding hydrogens is 414 g/mol. The van der Waals surface area contributed by atoms with Crippen LogP contribution in [0, 0.1) is 0 Å². The first kappa shape index (κ1) is 19.1. The van der Waals surface area contributed by atoms with Crippen LogP contribution in [0.1, 0.15) is 15.9 Å². The minimum absolute atomic E-state index is 0.0211. The molecule has 0 saturated heterocycles. The highest BCUT2D eigenvalue weighted by Crippen LogP contribution is 2.31. The number of benzene rings is 2. The maximum absolute atomic E-state index is 12.5. The summed E-state index contributed by atoms with van der Waals surface area (Å²) < 4.78 is 25.3. The molecule has 0 atom stereocenters. The lowest BCUT2D eigenvalue weighted by atomic mass is 10.1. The topological polar surface area (TPSA) is 121 Å². The Hall–Kier alpha value is -2.23. The number of hydrogen-bond donors (Lipinski definition) is 3. The van der Waals surface area contributed by atoms with Crippen molar-refractivity contribution < 1.29 is 28.2 Å². The van der Waals surface area contributed by atoms with Gasteiger partial charge in [-0.15, -0.1) is 0 Å². The molecule has 0 bridgehead atoms. The smallest absolute Gasteiger partial charge is 0.338 e. The quantitative estimate of drug-likeness (QED) is 0.648. The van der Waals surface area contributed by atoms with E-state index in [-0.39, 0.29) is 26.2 Å². The highest BCUT2D eigenvalue weighted by atomic mass is 79.9. The first-order valence-electron chi connectivity index (χ1n) is 6.99. The summed E-state index contributed by atoms with van der Waals surface area (Å²) >= 11 is 3.12. The molecule has 0 radical (unpaired) electrons. The SMILES string of the molecule is O=C(CO)Nc1c(Br)ccc(CS(=O)(=O)c2ccccc2)c1C(=O)O. The van der Waals surface area contributed by atoms with E-state index < -0.39 is 34.1 Å². The molecule has 1 amide bonds. The number of sulfone groups is 1. The molecule has 2 rings (SSSR count). The molecule has 0 aliphatic rings. The standard InChI is InChI=1S/C16H14BrNO6S/c17-12-7-6-10(9-25(23,24)11-4-2-1-3-5-11)14(16(21)22)15(12)18-13(20)8-19/h1-7,19H,8-9H2,(H,18,20)(H,21,22). The molecule has 0 heterocycles. The fourth-order valence-corrected chi connectivity index (χ4v) is 4.02. The third-order valence-corrected chi connectivity index (χ3v) is 5.65. The van der Waals surface area contributed by atoms with Crippen LogP contribution in [0.2, 0.25) is 0 Å². The average Bonchev–Trinajstić information content (AvgIpc) is 2.58. The molecular formula is C16H14BrNO6S. The van der Waals surface area contributed by atoms with Gasteiger partial charge in [0.2, 0.25) is 5.91 Å². The fraction of sp³-hybridized carbons (Fsp3) is 0.125. The maximum Gasteiger partial charge on any atom is 0.338 e. The lowest BCUT2D eigenvalue weighted by Gasteiger charge is -2.14. The van der Waals surface area contributed by atoms with Crippen molar-refractivity contribution >= 4 is 43.3 Å². The summed E-state index contributed by atoms with van der Waals surface area (Å²) in [5, 5.41) is 20.6. The van der Waals surface area contributed by atoms with Crippen LogP contribution in [0.25, 0.3) is 0 Å². The summed E-state index contributed by atoms with van der Waals surface area (Å²) in [5.74, 6) is -2.76. The Bertz CT molecular complexity index is 912. The van der Waals surface area contributed by atoms with Crippen molar-refractivity contribution in [3.63, 3.8) is 0 Å². The summed E-state index contributed by atoms with van der Waals surface area (Å²) in [4.78, 5) is 23.2. The van der Waals surface area contributed by atoms with E-state index >= 15 is 0 Å². The zero-order chi connectivity index (χ0) is 18.6. The number of anilines is 1. The highest BCUT2D eigenvalue weighted by molar-refractivity contribution is 9.10. The predicted octanol–water partition coefficient (Wildman–Crippen LogP) is 2.05. The van der Waals surface area contributed by atoms with Gasteiger partial charge in [0.15, 0.2) is 9.84 Å². The Kier molecular flexibility index (Phi) is 5.93. The lowest BCUT2D eigenvalue weighted by molar-refractivity contribution is -0.118. The van der Waals surface area contributed by atoms with Gasteiger partial charge in [-0.1, -0.05) is 24.3 Å².